The number of nitrogens with zero attached hydrogens (tertiary/aromatic N) is 2. The average Bonchev–Trinajstić information content (AvgIpc) is 3.46. The fraction of sp³-hybridized carbons (Fsp3) is 0.200. The van der Waals surface area contributed by atoms with Crippen LogP contribution in [-0.2, 0) is 0 Å². The van der Waals surface area contributed by atoms with Crippen molar-refractivity contribution in [1.29, 1.82) is 0 Å². The minimum absolute atomic E-state index is 0.199. The Balaban J connectivity index is 1.34. The first-order chi connectivity index (χ1) is 20.8. The van der Waals surface area contributed by atoms with Crippen molar-refractivity contribution in [3.8, 4) is 11.1 Å². The predicted molar refractivity (Wildman–Crippen MR) is 176 cm³/mol. The van der Waals surface area contributed by atoms with E-state index in [1.54, 1.807) is 0 Å². The molecule has 42 heavy (non-hydrogen) atoms. The van der Waals surface area contributed by atoms with Crippen LogP contribution in [0.2, 0.25) is 0 Å². The molecule has 0 saturated heterocycles. The van der Waals surface area contributed by atoms with Gasteiger partial charge in [-0.1, -0.05) is 121 Å². The molecule has 0 radical (unpaired) electrons. The van der Waals surface area contributed by atoms with Gasteiger partial charge in [-0.2, -0.15) is 0 Å². The van der Waals surface area contributed by atoms with E-state index in [0.29, 0.717) is 12.0 Å². The quantitative estimate of drug-likeness (QED) is 0.323. The molecule has 206 valence electrons. The normalized spacial score (nSPS) is 25.4. The maximum absolute atomic E-state index is 2.71. The summed E-state index contributed by atoms with van der Waals surface area (Å²) in [6.45, 7) is 0. The van der Waals surface area contributed by atoms with E-state index in [1.807, 2.05) is 0 Å². The van der Waals surface area contributed by atoms with Crippen LogP contribution in [0.3, 0.4) is 0 Å². The molecular formula is C40H36N2. The number of benzene rings is 3. The molecule has 0 bridgehead atoms. The minimum atomic E-state index is 0.199. The molecule has 3 aromatic rings. The lowest BCUT2D eigenvalue weighted by molar-refractivity contribution is 0.243. The van der Waals surface area contributed by atoms with Crippen LogP contribution < -0.4 is 4.90 Å². The molecule has 8 rings (SSSR count). The van der Waals surface area contributed by atoms with Gasteiger partial charge in [0, 0.05) is 22.9 Å². The third-order valence-electron chi connectivity index (χ3n) is 9.48. The van der Waals surface area contributed by atoms with E-state index in [0.717, 1.165) is 25.7 Å². The Morgan fingerprint density at radius 3 is 2.36 bits per heavy atom. The molecule has 2 heterocycles. The zero-order valence-corrected chi connectivity index (χ0v) is 23.9. The molecule has 0 N–H and O–H groups in total. The van der Waals surface area contributed by atoms with E-state index >= 15 is 0 Å². The Kier molecular flexibility index (Phi) is 6.41. The third kappa shape index (κ3) is 4.34. The first-order valence-corrected chi connectivity index (χ1v) is 15.5. The Labute approximate surface area is 249 Å². The highest BCUT2D eigenvalue weighted by atomic mass is 15.3. The van der Waals surface area contributed by atoms with Gasteiger partial charge in [-0.25, -0.2) is 0 Å². The summed E-state index contributed by atoms with van der Waals surface area (Å²) >= 11 is 0. The first-order valence-electron chi connectivity index (χ1n) is 15.5. The van der Waals surface area contributed by atoms with Crippen molar-refractivity contribution >= 4 is 11.3 Å². The van der Waals surface area contributed by atoms with Gasteiger partial charge in [0.2, 0.25) is 0 Å². The summed E-state index contributed by atoms with van der Waals surface area (Å²) in [7, 11) is 0. The van der Waals surface area contributed by atoms with Gasteiger partial charge >= 0.3 is 0 Å². The second-order valence-corrected chi connectivity index (χ2v) is 11.9. The zero-order valence-electron chi connectivity index (χ0n) is 23.9. The highest BCUT2D eigenvalue weighted by Crippen LogP contribution is 2.49. The van der Waals surface area contributed by atoms with Crippen molar-refractivity contribution < 1.29 is 0 Å². The molecule has 3 aromatic carbocycles. The van der Waals surface area contributed by atoms with E-state index in [1.165, 1.54) is 44.8 Å². The number of anilines is 1. The van der Waals surface area contributed by atoms with Gasteiger partial charge in [0.15, 0.2) is 0 Å². The van der Waals surface area contributed by atoms with Gasteiger partial charge < -0.3 is 9.80 Å². The van der Waals surface area contributed by atoms with E-state index < -0.39 is 0 Å². The monoisotopic (exact) mass is 544 g/mol. The Hall–Kier alpha value is -4.56. The van der Waals surface area contributed by atoms with Gasteiger partial charge in [0.25, 0.3) is 0 Å². The zero-order chi connectivity index (χ0) is 27.9. The van der Waals surface area contributed by atoms with Gasteiger partial charge in [-0.05, 0) is 77.9 Å². The molecule has 3 aliphatic carbocycles. The second kappa shape index (κ2) is 10.7. The highest BCUT2D eigenvalue weighted by Gasteiger charge is 2.42. The lowest BCUT2D eigenvalue weighted by Crippen LogP contribution is -2.42. The largest absolute Gasteiger partial charge is 0.362 e. The molecule has 0 amide bonds. The molecule has 2 aliphatic heterocycles. The van der Waals surface area contributed by atoms with Gasteiger partial charge in [-0.3, -0.25) is 0 Å². The Morgan fingerprint density at radius 2 is 1.52 bits per heavy atom. The summed E-state index contributed by atoms with van der Waals surface area (Å²) in [4.78, 5) is 5.33. The van der Waals surface area contributed by atoms with Crippen molar-refractivity contribution in [2.75, 3.05) is 4.90 Å². The summed E-state index contributed by atoms with van der Waals surface area (Å²) < 4.78 is 0. The topological polar surface area (TPSA) is 6.48 Å². The predicted octanol–water partition coefficient (Wildman–Crippen LogP) is 9.66. The summed E-state index contributed by atoms with van der Waals surface area (Å²) in [5.41, 5.74) is 10.9. The number of hydrogen-bond donors (Lipinski definition) is 0. The standard InChI is InChI=1S/C40H36N2/c1-4-14-29(15-5-1)31-26-32(30-16-6-2-7-17-30)28-34(27-31)42-38-23-13-12-21-36(38)35-20-10-11-22-37(35)40-39(42)24-25-41(40)33-18-8-3-9-19-33/h1-12,14-16,18,20-22,24-28,30,33,39-40H,13,17,19,23H2. The molecule has 0 fully saturated rings. The van der Waals surface area contributed by atoms with E-state index in [2.05, 4.69) is 156 Å². The molecule has 4 unspecified atom stereocenters. The van der Waals surface area contributed by atoms with Crippen LogP contribution in [0.15, 0.2) is 152 Å². The second-order valence-electron chi connectivity index (χ2n) is 11.9. The maximum atomic E-state index is 2.71. The minimum Gasteiger partial charge on any atom is -0.362 e. The molecule has 0 aromatic heterocycles. The molecule has 0 spiro atoms. The highest BCUT2D eigenvalue weighted by molar-refractivity contribution is 5.85. The van der Waals surface area contributed by atoms with Crippen molar-refractivity contribution in [3.63, 3.8) is 0 Å². The van der Waals surface area contributed by atoms with Crippen LogP contribution >= 0.6 is 0 Å². The fourth-order valence-corrected chi connectivity index (χ4v) is 7.51. The van der Waals surface area contributed by atoms with Crippen LogP contribution in [0.1, 0.15) is 54.3 Å². The summed E-state index contributed by atoms with van der Waals surface area (Å²) in [5.74, 6) is 0.381. The van der Waals surface area contributed by atoms with E-state index in [9.17, 15) is 0 Å². The van der Waals surface area contributed by atoms with Crippen LogP contribution in [0.4, 0.5) is 5.69 Å². The van der Waals surface area contributed by atoms with Crippen molar-refractivity contribution in [1.82, 2.24) is 4.90 Å². The molecule has 5 aliphatic rings. The Bertz CT molecular complexity index is 1710. The van der Waals surface area contributed by atoms with E-state index in [4.69, 9.17) is 0 Å². The number of hydrogen-bond acceptors (Lipinski definition) is 2. The summed E-state index contributed by atoms with van der Waals surface area (Å²) in [5, 5.41) is 0. The molecular weight excluding hydrogens is 508 g/mol. The van der Waals surface area contributed by atoms with Gasteiger partial charge in [-0.15, -0.1) is 0 Å². The van der Waals surface area contributed by atoms with Gasteiger partial charge in [0.05, 0.1) is 18.1 Å². The summed E-state index contributed by atoms with van der Waals surface area (Å²) in [6, 6.07) is 28.2. The van der Waals surface area contributed by atoms with Crippen LogP contribution in [0.25, 0.3) is 16.7 Å². The number of allylic oxidation sites excluding steroid dienone is 10. The lowest BCUT2D eigenvalue weighted by atomic mass is 9.89. The van der Waals surface area contributed by atoms with Crippen LogP contribution in [0.5, 0.6) is 0 Å². The summed E-state index contributed by atoms with van der Waals surface area (Å²) in [6.07, 6.45) is 31.9. The molecule has 2 nitrogen and oxygen atoms in total. The smallest absolute Gasteiger partial charge is 0.0793 e. The molecule has 0 saturated carbocycles. The molecule has 2 heteroatoms. The van der Waals surface area contributed by atoms with Crippen LogP contribution in [-0.4, -0.2) is 17.0 Å². The Morgan fingerprint density at radius 1 is 0.690 bits per heavy atom. The average molecular weight is 545 g/mol. The lowest BCUT2D eigenvalue weighted by Gasteiger charge is -2.40. The number of fused-ring (bicyclic) bond motifs is 4. The van der Waals surface area contributed by atoms with Crippen molar-refractivity contribution in [2.45, 2.75) is 49.7 Å². The SMILES string of the molecule is C1=CCC(c2cc(-c3ccccc3)cc(N3C4=C(C=CCC4)c4ccccc4C4C3C=CN4C3C=CC=CC3)c2)C=C1. The number of rotatable bonds is 4. The van der Waals surface area contributed by atoms with Crippen LogP contribution in [0, 0.1) is 0 Å². The van der Waals surface area contributed by atoms with E-state index in [-0.39, 0.29) is 12.1 Å². The first kappa shape index (κ1) is 25.2. The van der Waals surface area contributed by atoms with Gasteiger partial charge in [0.1, 0.15) is 0 Å². The third-order valence-corrected chi connectivity index (χ3v) is 9.48. The van der Waals surface area contributed by atoms with Crippen molar-refractivity contribution in [3.05, 3.63) is 168 Å². The fourth-order valence-electron chi connectivity index (χ4n) is 7.51. The maximum Gasteiger partial charge on any atom is 0.0793 e. The van der Waals surface area contributed by atoms with Crippen molar-refractivity contribution in [2.24, 2.45) is 0 Å². The molecule has 4 atom stereocenters.